The van der Waals surface area contributed by atoms with E-state index in [1.165, 1.54) is 0 Å². The first-order valence-electron chi connectivity index (χ1n) is 3.64. The number of alkyl halides is 2. The zero-order chi connectivity index (χ0) is 7.57. The molecule has 58 valence electrons. The molecular formula is C7H11F2N. The van der Waals surface area contributed by atoms with Crippen molar-refractivity contribution >= 4 is 0 Å². The highest BCUT2D eigenvalue weighted by Crippen LogP contribution is 2.63. The predicted octanol–water partition coefficient (Wildman–Crippen LogP) is 1.38. The third kappa shape index (κ3) is 0.590. The average Bonchev–Trinajstić information content (AvgIpc) is 2.54. The van der Waals surface area contributed by atoms with Crippen LogP contribution in [0.3, 0.4) is 0 Å². The Morgan fingerprint density at radius 3 is 2.00 bits per heavy atom. The van der Waals surface area contributed by atoms with Gasteiger partial charge in [0.05, 0.1) is 5.54 Å². The molecule has 3 atom stereocenters. The topological polar surface area (TPSA) is 26.0 Å². The van der Waals surface area contributed by atoms with E-state index in [0.717, 1.165) is 6.42 Å². The number of hydrogen-bond acceptors (Lipinski definition) is 1. The second-order valence-corrected chi connectivity index (χ2v) is 3.74. The van der Waals surface area contributed by atoms with E-state index in [4.69, 9.17) is 5.73 Å². The first-order chi connectivity index (χ1) is 4.47. The van der Waals surface area contributed by atoms with Gasteiger partial charge in [0, 0.05) is 6.42 Å². The molecule has 2 rings (SSSR count). The predicted molar refractivity (Wildman–Crippen MR) is 33.8 cm³/mol. The average molecular weight is 147 g/mol. The second kappa shape index (κ2) is 1.37. The fourth-order valence-corrected chi connectivity index (χ4v) is 1.77. The van der Waals surface area contributed by atoms with Gasteiger partial charge in [-0.15, -0.1) is 0 Å². The van der Waals surface area contributed by atoms with Crippen LogP contribution in [0.1, 0.15) is 19.8 Å². The molecule has 0 bridgehead atoms. The van der Waals surface area contributed by atoms with E-state index >= 15 is 0 Å². The van der Waals surface area contributed by atoms with E-state index in [-0.39, 0.29) is 12.3 Å². The summed E-state index contributed by atoms with van der Waals surface area (Å²) in [6.45, 7) is 1.98. The molecule has 2 fully saturated rings. The number of rotatable bonds is 1. The van der Waals surface area contributed by atoms with Gasteiger partial charge in [-0.3, -0.25) is 0 Å². The molecule has 0 heterocycles. The van der Waals surface area contributed by atoms with Crippen molar-refractivity contribution in [2.24, 2.45) is 17.6 Å². The smallest absolute Gasteiger partial charge is 0.268 e. The van der Waals surface area contributed by atoms with Crippen molar-refractivity contribution in [1.29, 1.82) is 0 Å². The van der Waals surface area contributed by atoms with Gasteiger partial charge in [-0.2, -0.15) is 0 Å². The number of hydrogen-bond donors (Lipinski definition) is 1. The summed E-state index contributed by atoms with van der Waals surface area (Å²) < 4.78 is 25.0. The van der Waals surface area contributed by atoms with Crippen LogP contribution in [0.25, 0.3) is 0 Å². The molecule has 0 aromatic carbocycles. The molecule has 0 spiro atoms. The summed E-state index contributed by atoms with van der Waals surface area (Å²) in [7, 11) is 0. The van der Waals surface area contributed by atoms with Crippen molar-refractivity contribution in [3.05, 3.63) is 0 Å². The van der Waals surface area contributed by atoms with Crippen molar-refractivity contribution in [3.63, 3.8) is 0 Å². The van der Waals surface area contributed by atoms with E-state index in [0.29, 0.717) is 5.92 Å². The zero-order valence-electron chi connectivity index (χ0n) is 5.90. The van der Waals surface area contributed by atoms with Gasteiger partial charge in [-0.1, -0.05) is 6.92 Å². The van der Waals surface area contributed by atoms with Crippen LogP contribution in [-0.4, -0.2) is 11.5 Å². The summed E-state index contributed by atoms with van der Waals surface area (Å²) in [5.74, 6) is -2.02. The Bertz CT molecular complexity index is 180. The molecule has 2 N–H and O–H groups in total. The lowest BCUT2D eigenvalue weighted by atomic mass is 10.1. The lowest BCUT2D eigenvalue weighted by Gasteiger charge is -2.07. The largest absolute Gasteiger partial charge is 0.320 e. The van der Waals surface area contributed by atoms with Crippen molar-refractivity contribution in [1.82, 2.24) is 0 Å². The normalized spacial score (nSPS) is 56.4. The summed E-state index contributed by atoms with van der Waals surface area (Å²) in [5, 5.41) is 0. The maximum absolute atomic E-state index is 12.5. The van der Waals surface area contributed by atoms with Crippen LogP contribution in [0.2, 0.25) is 0 Å². The van der Waals surface area contributed by atoms with Crippen molar-refractivity contribution in [2.45, 2.75) is 31.2 Å². The Morgan fingerprint density at radius 1 is 1.50 bits per heavy atom. The Balaban J connectivity index is 2.07. The minimum absolute atomic E-state index is 0.0883. The summed E-state index contributed by atoms with van der Waals surface area (Å²) >= 11 is 0. The van der Waals surface area contributed by atoms with E-state index in [1.807, 2.05) is 6.92 Å². The highest BCUT2D eigenvalue weighted by Gasteiger charge is 2.75. The minimum atomic E-state index is -2.55. The summed E-state index contributed by atoms with van der Waals surface area (Å²) in [5.41, 5.74) is 4.37. The van der Waals surface area contributed by atoms with Gasteiger partial charge in [0.25, 0.3) is 5.92 Å². The standard InChI is InChI=1S/C7H11F2N/c1-4-2-5(4)6(10)3-7(6,8)9/h4-5H,2-3,10H2,1H3. The first-order valence-corrected chi connectivity index (χ1v) is 3.64. The molecule has 3 unspecified atom stereocenters. The van der Waals surface area contributed by atoms with Crippen LogP contribution >= 0.6 is 0 Å². The quantitative estimate of drug-likeness (QED) is 0.595. The molecule has 0 amide bonds. The Hall–Kier alpha value is -0.180. The van der Waals surface area contributed by atoms with E-state index in [1.54, 1.807) is 0 Å². The molecule has 1 nitrogen and oxygen atoms in total. The molecule has 2 aliphatic rings. The lowest BCUT2D eigenvalue weighted by Crippen LogP contribution is -2.33. The van der Waals surface area contributed by atoms with E-state index in [2.05, 4.69) is 0 Å². The fourth-order valence-electron chi connectivity index (χ4n) is 1.77. The van der Waals surface area contributed by atoms with Gasteiger partial charge < -0.3 is 5.73 Å². The Morgan fingerprint density at radius 2 is 1.90 bits per heavy atom. The third-order valence-corrected chi connectivity index (χ3v) is 2.84. The first kappa shape index (κ1) is 6.53. The maximum atomic E-state index is 12.5. The van der Waals surface area contributed by atoms with Gasteiger partial charge in [-0.05, 0) is 18.3 Å². The lowest BCUT2D eigenvalue weighted by molar-refractivity contribution is 0.0826. The number of halogens is 2. The molecular weight excluding hydrogens is 136 g/mol. The second-order valence-electron chi connectivity index (χ2n) is 3.74. The summed E-state index contributed by atoms with van der Waals surface area (Å²) in [4.78, 5) is 0. The summed E-state index contributed by atoms with van der Waals surface area (Å²) in [6.07, 6.45) is 0.807. The summed E-state index contributed by atoms with van der Waals surface area (Å²) in [6, 6.07) is 0. The Kier molecular flexibility index (Phi) is 0.896. The fraction of sp³-hybridized carbons (Fsp3) is 1.00. The molecule has 0 aromatic heterocycles. The van der Waals surface area contributed by atoms with Crippen molar-refractivity contribution < 1.29 is 8.78 Å². The Labute approximate surface area is 58.6 Å². The highest BCUT2D eigenvalue weighted by atomic mass is 19.3. The van der Waals surface area contributed by atoms with Crippen LogP contribution in [0, 0.1) is 11.8 Å². The van der Waals surface area contributed by atoms with Crippen LogP contribution < -0.4 is 5.73 Å². The van der Waals surface area contributed by atoms with E-state index in [9.17, 15) is 8.78 Å². The van der Waals surface area contributed by atoms with Gasteiger partial charge in [-0.25, -0.2) is 8.78 Å². The van der Waals surface area contributed by atoms with Crippen LogP contribution in [0.4, 0.5) is 8.78 Å². The van der Waals surface area contributed by atoms with E-state index < -0.39 is 11.5 Å². The van der Waals surface area contributed by atoms with Crippen molar-refractivity contribution in [3.8, 4) is 0 Å². The molecule has 0 aromatic rings. The highest BCUT2D eigenvalue weighted by molar-refractivity contribution is 5.23. The monoisotopic (exact) mass is 147 g/mol. The zero-order valence-corrected chi connectivity index (χ0v) is 5.90. The van der Waals surface area contributed by atoms with Gasteiger partial charge in [0.15, 0.2) is 0 Å². The van der Waals surface area contributed by atoms with Gasteiger partial charge in [0.1, 0.15) is 0 Å². The van der Waals surface area contributed by atoms with Crippen LogP contribution in [0.15, 0.2) is 0 Å². The molecule has 10 heavy (non-hydrogen) atoms. The molecule has 0 aliphatic heterocycles. The van der Waals surface area contributed by atoms with Gasteiger partial charge in [0.2, 0.25) is 0 Å². The van der Waals surface area contributed by atoms with Gasteiger partial charge >= 0.3 is 0 Å². The number of nitrogens with two attached hydrogens (primary N) is 1. The third-order valence-electron chi connectivity index (χ3n) is 2.84. The van der Waals surface area contributed by atoms with Crippen molar-refractivity contribution in [2.75, 3.05) is 0 Å². The molecule has 0 radical (unpaired) electrons. The molecule has 0 saturated heterocycles. The van der Waals surface area contributed by atoms with Crippen LogP contribution in [0.5, 0.6) is 0 Å². The molecule has 2 aliphatic carbocycles. The molecule has 3 heteroatoms. The SMILES string of the molecule is CC1CC1C1(N)CC1(F)F. The molecule has 2 saturated carbocycles. The minimum Gasteiger partial charge on any atom is -0.320 e. The maximum Gasteiger partial charge on any atom is 0.268 e. The van der Waals surface area contributed by atoms with Crippen LogP contribution in [-0.2, 0) is 0 Å².